The number of aryl methyl sites for hydroxylation is 1. The van der Waals surface area contributed by atoms with E-state index < -0.39 is 0 Å². The third-order valence-corrected chi connectivity index (χ3v) is 4.47. The van der Waals surface area contributed by atoms with Gasteiger partial charge in [-0.2, -0.15) is 0 Å². The number of rotatable bonds is 3. The summed E-state index contributed by atoms with van der Waals surface area (Å²) in [7, 11) is 2.04. The van der Waals surface area contributed by atoms with Gasteiger partial charge >= 0.3 is 0 Å². The fraction of sp³-hybridized carbons (Fsp3) is 0.421. The zero-order valence-corrected chi connectivity index (χ0v) is 13.0. The molecule has 1 aromatic heterocycles. The molecule has 0 aliphatic heterocycles. The minimum atomic E-state index is 0.256. The fourth-order valence-electron chi connectivity index (χ4n) is 3.35. The Hall–Kier alpha value is -1.67. The molecule has 110 valence electrons. The van der Waals surface area contributed by atoms with Crippen molar-refractivity contribution in [2.24, 2.45) is 0 Å². The predicted molar refractivity (Wildman–Crippen MR) is 89.4 cm³/mol. The van der Waals surface area contributed by atoms with Crippen molar-refractivity contribution in [2.45, 2.75) is 45.1 Å². The monoisotopic (exact) mass is 280 g/mol. The van der Waals surface area contributed by atoms with Crippen LogP contribution in [0.1, 0.15) is 49.4 Å². The van der Waals surface area contributed by atoms with Crippen LogP contribution in [-0.2, 0) is 0 Å². The maximum absolute atomic E-state index is 4.91. The summed E-state index contributed by atoms with van der Waals surface area (Å²) in [6.07, 6.45) is 8.81. The van der Waals surface area contributed by atoms with Gasteiger partial charge in [0.25, 0.3) is 0 Å². The molecule has 3 rings (SSSR count). The van der Waals surface area contributed by atoms with E-state index in [0.717, 1.165) is 11.2 Å². The molecule has 1 heterocycles. The van der Waals surface area contributed by atoms with Gasteiger partial charge in [0.15, 0.2) is 0 Å². The lowest BCUT2D eigenvalue weighted by Crippen LogP contribution is -2.20. The highest BCUT2D eigenvalue weighted by Crippen LogP contribution is 2.30. The summed E-state index contributed by atoms with van der Waals surface area (Å²) in [4.78, 5) is 4.91. The first kappa shape index (κ1) is 14.3. The average Bonchev–Trinajstić information content (AvgIpc) is 2.77. The standard InChI is InChI=1S/C19H24N2/c1-14-13-18(21-17-12-8-7-11-16(14)17)19(20-2)15-9-5-3-4-6-10-15/h7-9,11-13,19-20H,3-6,10H2,1-2H3. The van der Waals surface area contributed by atoms with Crippen molar-refractivity contribution in [1.29, 1.82) is 0 Å². The first-order valence-corrected chi connectivity index (χ1v) is 8.02. The number of nitrogens with one attached hydrogen (secondary N) is 1. The van der Waals surface area contributed by atoms with Crippen LogP contribution in [0.3, 0.4) is 0 Å². The van der Waals surface area contributed by atoms with Gasteiger partial charge in [0.05, 0.1) is 17.3 Å². The van der Waals surface area contributed by atoms with E-state index in [-0.39, 0.29) is 6.04 Å². The number of para-hydroxylation sites is 1. The van der Waals surface area contributed by atoms with Crippen molar-refractivity contribution in [2.75, 3.05) is 7.05 Å². The van der Waals surface area contributed by atoms with E-state index in [1.807, 2.05) is 7.05 Å². The second-order valence-electron chi connectivity index (χ2n) is 5.98. The van der Waals surface area contributed by atoms with Gasteiger partial charge in [0.2, 0.25) is 0 Å². The molecule has 21 heavy (non-hydrogen) atoms. The second kappa shape index (κ2) is 6.40. The summed E-state index contributed by atoms with van der Waals surface area (Å²) in [6.45, 7) is 2.18. The summed E-state index contributed by atoms with van der Waals surface area (Å²) in [5, 5.41) is 4.73. The Labute approximate surface area is 127 Å². The molecule has 0 radical (unpaired) electrons. The molecule has 1 atom stereocenters. The molecule has 0 amide bonds. The Morgan fingerprint density at radius 3 is 2.86 bits per heavy atom. The molecule has 0 bridgehead atoms. The van der Waals surface area contributed by atoms with Gasteiger partial charge in [-0.25, -0.2) is 0 Å². The van der Waals surface area contributed by atoms with Gasteiger partial charge in [0.1, 0.15) is 0 Å². The smallest absolute Gasteiger partial charge is 0.0708 e. The number of allylic oxidation sites excluding steroid dienone is 1. The topological polar surface area (TPSA) is 24.9 Å². The fourth-order valence-corrected chi connectivity index (χ4v) is 3.35. The molecule has 0 spiro atoms. The average molecular weight is 280 g/mol. The zero-order valence-electron chi connectivity index (χ0n) is 13.0. The van der Waals surface area contributed by atoms with E-state index in [0.29, 0.717) is 0 Å². The van der Waals surface area contributed by atoms with E-state index in [1.54, 1.807) is 0 Å². The van der Waals surface area contributed by atoms with Crippen molar-refractivity contribution in [3.63, 3.8) is 0 Å². The lowest BCUT2D eigenvalue weighted by Gasteiger charge is -2.20. The third-order valence-electron chi connectivity index (χ3n) is 4.47. The van der Waals surface area contributed by atoms with Gasteiger partial charge in [-0.05, 0) is 57.4 Å². The molecule has 2 aromatic rings. The van der Waals surface area contributed by atoms with E-state index in [4.69, 9.17) is 4.98 Å². The first-order valence-electron chi connectivity index (χ1n) is 8.02. The molecule has 1 aliphatic carbocycles. The highest BCUT2D eigenvalue weighted by atomic mass is 14.9. The van der Waals surface area contributed by atoms with Crippen LogP contribution in [0.4, 0.5) is 0 Å². The van der Waals surface area contributed by atoms with E-state index in [9.17, 15) is 0 Å². The SMILES string of the molecule is CNC(C1=CCCCCC1)c1cc(C)c2ccccc2n1. The highest BCUT2D eigenvalue weighted by molar-refractivity contribution is 5.82. The van der Waals surface area contributed by atoms with Crippen LogP contribution >= 0.6 is 0 Å². The lowest BCUT2D eigenvalue weighted by molar-refractivity contribution is 0.617. The number of fused-ring (bicyclic) bond motifs is 1. The maximum atomic E-state index is 4.91. The quantitative estimate of drug-likeness (QED) is 0.825. The summed E-state index contributed by atoms with van der Waals surface area (Å²) in [6, 6.07) is 10.9. The number of pyridine rings is 1. The number of aromatic nitrogens is 1. The van der Waals surface area contributed by atoms with E-state index in [1.165, 1.54) is 48.6 Å². The molecule has 1 N–H and O–H groups in total. The molecule has 0 fully saturated rings. The Balaban J connectivity index is 2.02. The van der Waals surface area contributed by atoms with Crippen LogP contribution in [0.15, 0.2) is 42.0 Å². The van der Waals surface area contributed by atoms with Crippen molar-refractivity contribution in [1.82, 2.24) is 10.3 Å². The van der Waals surface area contributed by atoms with Gasteiger partial charge in [-0.1, -0.05) is 36.3 Å². The highest BCUT2D eigenvalue weighted by Gasteiger charge is 2.18. The summed E-state index contributed by atoms with van der Waals surface area (Å²) in [5.41, 5.74) is 5.08. The number of benzene rings is 1. The molecule has 2 nitrogen and oxygen atoms in total. The minimum Gasteiger partial charge on any atom is -0.308 e. The van der Waals surface area contributed by atoms with Gasteiger partial charge < -0.3 is 5.32 Å². The van der Waals surface area contributed by atoms with Crippen molar-refractivity contribution in [3.8, 4) is 0 Å². The molecular formula is C19H24N2. The molecular weight excluding hydrogens is 256 g/mol. The van der Waals surface area contributed by atoms with Gasteiger partial charge in [-0.15, -0.1) is 0 Å². The van der Waals surface area contributed by atoms with Crippen LogP contribution in [-0.4, -0.2) is 12.0 Å². The van der Waals surface area contributed by atoms with E-state index >= 15 is 0 Å². The molecule has 1 aliphatic rings. The Morgan fingerprint density at radius 2 is 2.00 bits per heavy atom. The Bertz CT molecular complexity index is 658. The van der Waals surface area contributed by atoms with Crippen LogP contribution in [0.2, 0.25) is 0 Å². The summed E-state index contributed by atoms with van der Waals surface area (Å²) >= 11 is 0. The minimum absolute atomic E-state index is 0.256. The van der Waals surface area contributed by atoms with Gasteiger partial charge in [-0.3, -0.25) is 4.98 Å². The summed E-state index contributed by atoms with van der Waals surface area (Å²) in [5.74, 6) is 0. The number of hydrogen-bond acceptors (Lipinski definition) is 2. The molecule has 0 saturated heterocycles. The largest absolute Gasteiger partial charge is 0.308 e. The van der Waals surface area contributed by atoms with E-state index in [2.05, 4.69) is 48.6 Å². The van der Waals surface area contributed by atoms with Crippen LogP contribution in [0.25, 0.3) is 10.9 Å². The Morgan fingerprint density at radius 1 is 1.14 bits per heavy atom. The number of nitrogens with zero attached hydrogens (tertiary/aromatic N) is 1. The first-order chi connectivity index (χ1) is 10.3. The molecule has 2 heteroatoms. The number of likely N-dealkylation sites (N-methyl/N-ethyl adjacent to an activating group) is 1. The van der Waals surface area contributed by atoms with Crippen LogP contribution < -0.4 is 5.32 Å². The maximum Gasteiger partial charge on any atom is 0.0708 e. The molecule has 1 aromatic carbocycles. The van der Waals surface area contributed by atoms with Crippen LogP contribution in [0.5, 0.6) is 0 Å². The molecule has 1 unspecified atom stereocenters. The predicted octanol–water partition coefficient (Wildman–Crippen LogP) is 4.69. The second-order valence-corrected chi connectivity index (χ2v) is 5.98. The normalized spacial score (nSPS) is 17.3. The lowest BCUT2D eigenvalue weighted by atomic mass is 9.97. The Kier molecular flexibility index (Phi) is 4.35. The summed E-state index contributed by atoms with van der Waals surface area (Å²) < 4.78 is 0. The van der Waals surface area contributed by atoms with Crippen molar-refractivity contribution >= 4 is 10.9 Å². The molecule has 0 saturated carbocycles. The van der Waals surface area contributed by atoms with Crippen molar-refractivity contribution < 1.29 is 0 Å². The third kappa shape index (κ3) is 3.01. The van der Waals surface area contributed by atoms with Crippen LogP contribution in [0, 0.1) is 6.92 Å². The van der Waals surface area contributed by atoms with Crippen molar-refractivity contribution in [3.05, 3.63) is 53.2 Å². The number of hydrogen-bond donors (Lipinski definition) is 1. The van der Waals surface area contributed by atoms with Gasteiger partial charge in [0, 0.05) is 5.39 Å². The zero-order chi connectivity index (χ0) is 14.7.